The number of hydrogen-bond acceptors (Lipinski definition) is 8. The van der Waals surface area contributed by atoms with Crippen LogP contribution in [0.3, 0.4) is 0 Å². The van der Waals surface area contributed by atoms with Crippen LogP contribution in [-0.4, -0.2) is 41.5 Å². The molecule has 1 aliphatic rings. The molecule has 0 saturated carbocycles. The number of nitro benzene ring substituents is 1. The lowest BCUT2D eigenvalue weighted by Gasteiger charge is -2.17. The van der Waals surface area contributed by atoms with Gasteiger partial charge in [0, 0.05) is 24.7 Å². The summed E-state index contributed by atoms with van der Waals surface area (Å²) in [6.07, 6.45) is 1.99. The third-order valence-electron chi connectivity index (χ3n) is 5.00. The van der Waals surface area contributed by atoms with Gasteiger partial charge in [0.25, 0.3) is 11.6 Å². The number of thiazole rings is 1. The highest BCUT2D eigenvalue weighted by atomic mass is 32.1. The second kappa shape index (κ2) is 8.68. The van der Waals surface area contributed by atoms with Crippen LogP contribution in [0.15, 0.2) is 36.4 Å². The number of esters is 1. The Labute approximate surface area is 181 Å². The van der Waals surface area contributed by atoms with E-state index in [0.717, 1.165) is 30.6 Å². The van der Waals surface area contributed by atoms with Crippen LogP contribution < -0.4 is 10.2 Å². The number of nitrogens with zero attached hydrogens (tertiary/aromatic N) is 3. The van der Waals surface area contributed by atoms with Gasteiger partial charge in [-0.15, -0.1) is 0 Å². The van der Waals surface area contributed by atoms with E-state index in [-0.39, 0.29) is 17.9 Å². The summed E-state index contributed by atoms with van der Waals surface area (Å²) in [5.41, 5.74) is 1.66. The highest BCUT2D eigenvalue weighted by Crippen LogP contribution is 2.32. The van der Waals surface area contributed by atoms with Gasteiger partial charge in [-0.05, 0) is 50.1 Å². The maximum Gasteiger partial charge on any atom is 0.338 e. The van der Waals surface area contributed by atoms with Crippen LogP contribution in [0.5, 0.6) is 0 Å². The first-order valence-electron chi connectivity index (χ1n) is 9.88. The molecule has 4 rings (SSSR count). The topological polar surface area (TPSA) is 115 Å². The van der Waals surface area contributed by atoms with Gasteiger partial charge in [-0.2, -0.15) is 0 Å². The van der Waals surface area contributed by atoms with E-state index in [1.54, 1.807) is 37.3 Å². The molecule has 1 aliphatic heterocycles. The normalized spacial score (nSPS) is 13.4. The molecule has 3 aromatic rings. The fourth-order valence-corrected chi connectivity index (χ4v) is 4.43. The van der Waals surface area contributed by atoms with Gasteiger partial charge in [0.2, 0.25) is 0 Å². The molecule has 160 valence electrons. The zero-order valence-electron chi connectivity index (χ0n) is 16.8. The van der Waals surface area contributed by atoms with Crippen molar-refractivity contribution in [3.8, 4) is 0 Å². The molecule has 1 fully saturated rings. The fourth-order valence-electron chi connectivity index (χ4n) is 3.53. The summed E-state index contributed by atoms with van der Waals surface area (Å²) in [7, 11) is 0. The van der Waals surface area contributed by atoms with E-state index >= 15 is 0 Å². The van der Waals surface area contributed by atoms with Gasteiger partial charge in [0.1, 0.15) is 5.69 Å². The van der Waals surface area contributed by atoms with E-state index in [2.05, 4.69) is 10.3 Å². The van der Waals surface area contributed by atoms with Crippen LogP contribution in [0.25, 0.3) is 10.2 Å². The molecule has 0 atom stereocenters. The highest BCUT2D eigenvalue weighted by Gasteiger charge is 2.24. The van der Waals surface area contributed by atoms with Gasteiger partial charge in [-0.3, -0.25) is 20.2 Å². The first-order chi connectivity index (χ1) is 15.0. The average Bonchev–Trinajstić information content (AvgIpc) is 3.42. The van der Waals surface area contributed by atoms with Gasteiger partial charge >= 0.3 is 5.97 Å². The summed E-state index contributed by atoms with van der Waals surface area (Å²) in [4.78, 5) is 42.0. The summed E-state index contributed by atoms with van der Waals surface area (Å²) >= 11 is 1.21. The Balaban J connectivity index is 1.56. The first kappa shape index (κ1) is 20.7. The molecule has 0 bridgehead atoms. The smallest absolute Gasteiger partial charge is 0.338 e. The number of fused-ring (bicyclic) bond motifs is 1. The summed E-state index contributed by atoms with van der Waals surface area (Å²) < 4.78 is 5.72. The average molecular weight is 440 g/mol. The lowest BCUT2D eigenvalue weighted by atomic mass is 10.1. The Morgan fingerprint density at radius 3 is 2.65 bits per heavy atom. The lowest BCUT2D eigenvalue weighted by molar-refractivity contribution is -0.384. The molecule has 0 aliphatic carbocycles. The maximum absolute atomic E-state index is 12.7. The second-order valence-electron chi connectivity index (χ2n) is 7.03. The monoisotopic (exact) mass is 440 g/mol. The van der Waals surface area contributed by atoms with Crippen molar-refractivity contribution in [3.05, 3.63) is 57.6 Å². The minimum Gasteiger partial charge on any atom is -0.462 e. The van der Waals surface area contributed by atoms with Crippen LogP contribution in [0.4, 0.5) is 16.5 Å². The quantitative estimate of drug-likeness (QED) is 0.346. The van der Waals surface area contributed by atoms with Gasteiger partial charge in [-0.25, -0.2) is 9.78 Å². The van der Waals surface area contributed by atoms with Crippen molar-refractivity contribution in [2.45, 2.75) is 19.8 Å². The van der Waals surface area contributed by atoms with E-state index < -0.39 is 16.8 Å². The molecule has 31 heavy (non-hydrogen) atoms. The maximum atomic E-state index is 12.7. The first-order valence-corrected chi connectivity index (χ1v) is 10.7. The van der Waals surface area contributed by atoms with Crippen molar-refractivity contribution in [2.24, 2.45) is 0 Å². The molecular formula is C21H20N4O5S. The molecule has 2 heterocycles. The van der Waals surface area contributed by atoms with Crippen molar-refractivity contribution < 1.29 is 19.2 Å². The lowest BCUT2D eigenvalue weighted by Crippen LogP contribution is -2.19. The number of anilines is 2. The van der Waals surface area contributed by atoms with Crippen LogP contribution >= 0.6 is 11.3 Å². The van der Waals surface area contributed by atoms with Crippen molar-refractivity contribution in [2.75, 3.05) is 29.9 Å². The fraction of sp³-hybridized carbons (Fsp3) is 0.286. The number of ether oxygens (including phenoxy) is 1. The van der Waals surface area contributed by atoms with E-state index in [1.165, 1.54) is 17.4 Å². The molecule has 2 aromatic carbocycles. The molecule has 1 aromatic heterocycles. The van der Waals surface area contributed by atoms with Crippen molar-refractivity contribution in [1.29, 1.82) is 0 Å². The standard InChI is InChI=1S/C21H20N4O5S/c1-2-30-20(27)14-5-7-15-18(12-14)31-21(22-15)23-19(26)13-6-8-16(17(11-13)25(28)29)24-9-3-4-10-24/h5-8,11-12H,2-4,9-10H2,1H3,(H,22,23,26). The number of hydrogen-bond donors (Lipinski definition) is 1. The number of carbonyl (C=O) groups is 2. The Kier molecular flexibility index (Phi) is 5.81. The SMILES string of the molecule is CCOC(=O)c1ccc2nc(NC(=O)c3ccc(N4CCCC4)c([N+](=O)[O-])c3)sc2c1. The van der Waals surface area contributed by atoms with E-state index in [4.69, 9.17) is 4.74 Å². The van der Waals surface area contributed by atoms with Gasteiger partial charge in [0.15, 0.2) is 5.13 Å². The van der Waals surface area contributed by atoms with E-state index in [9.17, 15) is 19.7 Å². The Hall–Kier alpha value is -3.53. The molecule has 9 nitrogen and oxygen atoms in total. The summed E-state index contributed by atoms with van der Waals surface area (Å²) in [5, 5.41) is 14.6. The number of nitro groups is 1. The second-order valence-corrected chi connectivity index (χ2v) is 8.06. The number of amides is 1. The number of aromatic nitrogens is 1. The van der Waals surface area contributed by atoms with Gasteiger partial charge in [-0.1, -0.05) is 11.3 Å². The minimum atomic E-state index is -0.485. The van der Waals surface area contributed by atoms with Crippen LogP contribution in [0.1, 0.15) is 40.5 Å². The van der Waals surface area contributed by atoms with Gasteiger partial charge in [0.05, 0.1) is 27.3 Å². The Morgan fingerprint density at radius 1 is 1.19 bits per heavy atom. The third-order valence-corrected chi connectivity index (χ3v) is 5.93. The van der Waals surface area contributed by atoms with Crippen LogP contribution in [0.2, 0.25) is 0 Å². The van der Waals surface area contributed by atoms with Gasteiger partial charge < -0.3 is 9.64 Å². The molecular weight excluding hydrogens is 420 g/mol. The molecule has 1 N–H and O–H groups in total. The van der Waals surface area contributed by atoms with Crippen LogP contribution in [-0.2, 0) is 4.74 Å². The van der Waals surface area contributed by atoms with E-state index in [0.29, 0.717) is 21.9 Å². The summed E-state index contributed by atoms with van der Waals surface area (Å²) in [5.74, 6) is -0.908. The van der Waals surface area contributed by atoms with E-state index in [1.807, 2.05) is 4.90 Å². The molecule has 1 amide bonds. The summed E-state index contributed by atoms with van der Waals surface area (Å²) in [6, 6.07) is 9.48. The predicted molar refractivity (Wildman–Crippen MR) is 118 cm³/mol. The molecule has 0 radical (unpaired) electrons. The predicted octanol–water partition coefficient (Wildman–Crippen LogP) is 4.23. The zero-order chi connectivity index (χ0) is 22.0. The highest BCUT2D eigenvalue weighted by molar-refractivity contribution is 7.22. The Morgan fingerprint density at radius 2 is 1.94 bits per heavy atom. The van der Waals surface area contributed by atoms with Crippen LogP contribution in [0, 0.1) is 10.1 Å². The summed E-state index contributed by atoms with van der Waals surface area (Å²) in [6.45, 7) is 3.56. The minimum absolute atomic E-state index is 0.0853. The number of rotatable bonds is 6. The molecule has 0 unspecified atom stereocenters. The molecule has 1 saturated heterocycles. The molecule has 10 heteroatoms. The zero-order valence-corrected chi connectivity index (χ0v) is 17.6. The number of nitrogens with one attached hydrogen (secondary N) is 1. The van der Waals surface area contributed by atoms with Crippen molar-refractivity contribution >= 4 is 49.9 Å². The Bertz CT molecular complexity index is 1170. The third kappa shape index (κ3) is 4.33. The molecule has 0 spiro atoms. The van der Waals surface area contributed by atoms with Crippen molar-refractivity contribution in [3.63, 3.8) is 0 Å². The number of benzene rings is 2. The largest absolute Gasteiger partial charge is 0.462 e. The van der Waals surface area contributed by atoms with Crippen molar-refractivity contribution in [1.82, 2.24) is 4.98 Å². The number of carbonyl (C=O) groups excluding carboxylic acids is 2.